The van der Waals surface area contributed by atoms with Crippen LogP contribution in [0.3, 0.4) is 0 Å². The third-order valence-electron chi connectivity index (χ3n) is 3.89. The second-order valence-corrected chi connectivity index (χ2v) is 6.52. The maximum atomic E-state index is 3.44. The topological polar surface area (TPSA) is 12.0 Å². The van der Waals surface area contributed by atoms with Gasteiger partial charge in [0.15, 0.2) is 0 Å². The van der Waals surface area contributed by atoms with Crippen LogP contribution in [0.2, 0.25) is 0 Å². The van der Waals surface area contributed by atoms with Gasteiger partial charge in [0.25, 0.3) is 0 Å². The van der Waals surface area contributed by atoms with E-state index in [0.717, 1.165) is 11.2 Å². The molecule has 1 N–H and O–H groups in total. The number of piperidine rings is 1. The van der Waals surface area contributed by atoms with Crippen LogP contribution >= 0.6 is 11.8 Å². The van der Waals surface area contributed by atoms with Gasteiger partial charge < -0.3 is 5.32 Å². The Labute approximate surface area is 98.8 Å². The van der Waals surface area contributed by atoms with Gasteiger partial charge in [0.2, 0.25) is 0 Å². The minimum Gasteiger partial charge on any atom is -0.317 e. The fourth-order valence-electron chi connectivity index (χ4n) is 2.84. The average molecular weight is 227 g/mol. The number of hydrogen-bond donors (Lipinski definition) is 1. The smallest absolute Gasteiger partial charge is 0.00711 e. The summed E-state index contributed by atoms with van der Waals surface area (Å²) in [4.78, 5) is 0. The van der Waals surface area contributed by atoms with E-state index >= 15 is 0 Å². The Balaban J connectivity index is 1.53. The third-order valence-corrected chi connectivity index (χ3v) is 5.30. The van der Waals surface area contributed by atoms with Gasteiger partial charge in [-0.2, -0.15) is 11.8 Å². The lowest BCUT2D eigenvalue weighted by molar-refractivity contribution is 0.351. The van der Waals surface area contributed by atoms with Crippen LogP contribution < -0.4 is 5.32 Å². The van der Waals surface area contributed by atoms with Crippen LogP contribution in [-0.2, 0) is 0 Å². The summed E-state index contributed by atoms with van der Waals surface area (Å²) in [5, 5.41) is 4.41. The molecule has 15 heavy (non-hydrogen) atoms. The van der Waals surface area contributed by atoms with E-state index in [1.54, 1.807) is 0 Å². The van der Waals surface area contributed by atoms with Gasteiger partial charge in [-0.15, -0.1) is 0 Å². The van der Waals surface area contributed by atoms with Crippen molar-refractivity contribution in [3.8, 4) is 0 Å². The van der Waals surface area contributed by atoms with Crippen molar-refractivity contribution in [2.75, 3.05) is 18.8 Å². The molecule has 0 aromatic rings. The van der Waals surface area contributed by atoms with Crippen LogP contribution in [-0.4, -0.2) is 24.1 Å². The Kier molecular flexibility index (Phi) is 5.34. The summed E-state index contributed by atoms with van der Waals surface area (Å²) in [6.07, 6.45) is 11.8. The minimum absolute atomic E-state index is 0.967. The first-order valence-corrected chi connectivity index (χ1v) is 7.82. The predicted octanol–water partition coefficient (Wildman–Crippen LogP) is 3.44. The lowest BCUT2D eigenvalue weighted by Gasteiger charge is -2.24. The standard InChI is InChI=1S/C13H25NS/c1-2-4-12(5-3-1)8-11-15-13-6-9-14-10-7-13/h12-14H,1-11H2. The normalized spacial score (nSPS) is 25.6. The lowest BCUT2D eigenvalue weighted by atomic mass is 9.88. The highest BCUT2D eigenvalue weighted by Crippen LogP contribution is 2.29. The van der Waals surface area contributed by atoms with Gasteiger partial charge in [-0.05, 0) is 44.0 Å². The van der Waals surface area contributed by atoms with Crippen molar-refractivity contribution in [3.63, 3.8) is 0 Å². The molecule has 0 atom stereocenters. The van der Waals surface area contributed by atoms with E-state index in [1.165, 1.54) is 70.2 Å². The van der Waals surface area contributed by atoms with Crippen molar-refractivity contribution in [1.29, 1.82) is 0 Å². The number of thioether (sulfide) groups is 1. The molecular formula is C13H25NS. The zero-order chi connectivity index (χ0) is 10.3. The third kappa shape index (κ3) is 4.36. The number of nitrogens with one attached hydrogen (secondary N) is 1. The molecule has 1 heterocycles. The summed E-state index contributed by atoms with van der Waals surface area (Å²) < 4.78 is 0. The summed E-state index contributed by atoms with van der Waals surface area (Å²) in [6, 6.07) is 0. The van der Waals surface area contributed by atoms with Gasteiger partial charge in [-0.1, -0.05) is 32.1 Å². The van der Waals surface area contributed by atoms with Gasteiger partial charge in [0.1, 0.15) is 0 Å². The minimum atomic E-state index is 0.967. The maximum Gasteiger partial charge on any atom is 0.00711 e. The Morgan fingerprint density at radius 2 is 1.67 bits per heavy atom. The van der Waals surface area contributed by atoms with Crippen molar-refractivity contribution in [1.82, 2.24) is 5.32 Å². The summed E-state index contributed by atoms with van der Waals surface area (Å²) in [5.74, 6) is 2.50. The van der Waals surface area contributed by atoms with Gasteiger partial charge in [0.05, 0.1) is 0 Å². The second-order valence-electron chi connectivity index (χ2n) is 5.11. The molecule has 0 unspecified atom stereocenters. The molecule has 2 rings (SSSR count). The van der Waals surface area contributed by atoms with E-state index in [1.807, 2.05) is 0 Å². The lowest BCUT2D eigenvalue weighted by Crippen LogP contribution is -2.29. The first-order chi connectivity index (χ1) is 7.45. The van der Waals surface area contributed by atoms with Gasteiger partial charge in [0, 0.05) is 5.25 Å². The molecule has 0 bridgehead atoms. The van der Waals surface area contributed by atoms with Crippen molar-refractivity contribution in [2.24, 2.45) is 5.92 Å². The number of rotatable bonds is 4. The summed E-state index contributed by atoms with van der Waals surface area (Å²) in [7, 11) is 0. The van der Waals surface area contributed by atoms with Gasteiger partial charge in [-0.3, -0.25) is 0 Å². The fraction of sp³-hybridized carbons (Fsp3) is 1.00. The Bertz CT molecular complexity index is 142. The average Bonchev–Trinajstić information content (AvgIpc) is 2.32. The molecule has 1 saturated heterocycles. The summed E-state index contributed by atoms with van der Waals surface area (Å²) in [6.45, 7) is 2.50. The second kappa shape index (κ2) is 6.80. The first-order valence-electron chi connectivity index (χ1n) is 6.77. The Morgan fingerprint density at radius 3 is 2.40 bits per heavy atom. The SMILES string of the molecule is C1CCC(CCSC2CCNCC2)CC1. The predicted molar refractivity (Wildman–Crippen MR) is 69.5 cm³/mol. The molecular weight excluding hydrogens is 202 g/mol. The number of hydrogen-bond acceptors (Lipinski definition) is 2. The molecule has 0 aromatic carbocycles. The van der Waals surface area contributed by atoms with Crippen LogP contribution in [0, 0.1) is 5.92 Å². The van der Waals surface area contributed by atoms with Crippen molar-refractivity contribution in [2.45, 2.75) is 56.6 Å². The molecule has 1 aliphatic heterocycles. The van der Waals surface area contributed by atoms with Crippen molar-refractivity contribution in [3.05, 3.63) is 0 Å². The van der Waals surface area contributed by atoms with E-state index in [-0.39, 0.29) is 0 Å². The first kappa shape index (κ1) is 11.8. The van der Waals surface area contributed by atoms with Crippen LogP contribution in [0.5, 0.6) is 0 Å². The molecule has 1 saturated carbocycles. The monoisotopic (exact) mass is 227 g/mol. The molecule has 0 aromatic heterocycles. The molecule has 1 aliphatic carbocycles. The quantitative estimate of drug-likeness (QED) is 0.789. The van der Waals surface area contributed by atoms with Crippen LogP contribution in [0.4, 0.5) is 0 Å². The summed E-state index contributed by atoms with van der Waals surface area (Å²) in [5.41, 5.74) is 0. The van der Waals surface area contributed by atoms with E-state index < -0.39 is 0 Å². The Morgan fingerprint density at radius 1 is 0.933 bits per heavy atom. The van der Waals surface area contributed by atoms with E-state index in [4.69, 9.17) is 0 Å². The molecule has 0 radical (unpaired) electrons. The molecule has 0 amide bonds. The fourth-order valence-corrected chi connectivity index (χ4v) is 4.21. The van der Waals surface area contributed by atoms with Crippen molar-refractivity contribution >= 4 is 11.8 Å². The molecule has 2 fully saturated rings. The largest absolute Gasteiger partial charge is 0.317 e. The van der Waals surface area contributed by atoms with Crippen LogP contribution in [0.15, 0.2) is 0 Å². The van der Waals surface area contributed by atoms with Crippen LogP contribution in [0.1, 0.15) is 51.4 Å². The maximum absolute atomic E-state index is 3.44. The highest BCUT2D eigenvalue weighted by Gasteiger charge is 2.16. The molecule has 88 valence electrons. The van der Waals surface area contributed by atoms with Gasteiger partial charge >= 0.3 is 0 Å². The van der Waals surface area contributed by atoms with Crippen molar-refractivity contribution < 1.29 is 0 Å². The highest BCUT2D eigenvalue weighted by atomic mass is 32.2. The molecule has 2 heteroatoms. The van der Waals surface area contributed by atoms with Gasteiger partial charge in [-0.25, -0.2) is 0 Å². The molecule has 0 spiro atoms. The van der Waals surface area contributed by atoms with E-state index in [2.05, 4.69) is 17.1 Å². The van der Waals surface area contributed by atoms with Crippen LogP contribution in [0.25, 0.3) is 0 Å². The highest BCUT2D eigenvalue weighted by molar-refractivity contribution is 7.99. The molecule has 2 aliphatic rings. The molecule has 1 nitrogen and oxygen atoms in total. The zero-order valence-corrected chi connectivity index (χ0v) is 10.7. The van der Waals surface area contributed by atoms with E-state index in [0.29, 0.717) is 0 Å². The van der Waals surface area contributed by atoms with E-state index in [9.17, 15) is 0 Å². The summed E-state index contributed by atoms with van der Waals surface area (Å²) >= 11 is 2.25. The zero-order valence-electron chi connectivity index (χ0n) is 9.84. The Hall–Kier alpha value is 0.310.